The number of hydrogen-bond donors (Lipinski definition) is 3. The van der Waals surface area contributed by atoms with Crippen molar-refractivity contribution in [1.82, 2.24) is 10.6 Å². The van der Waals surface area contributed by atoms with E-state index in [0.717, 1.165) is 62.9 Å². The van der Waals surface area contributed by atoms with Crippen molar-refractivity contribution < 1.29 is 14.3 Å². The van der Waals surface area contributed by atoms with Gasteiger partial charge in [0.25, 0.3) is 0 Å². The summed E-state index contributed by atoms with van der Waals surface area (Å²) in [5.41, 5.74) is 1.33. The van der Waals surface area contributed by atoms with E-state index in [2.05, 4.69) is 16.0 Å². The predicted octanol–water partition coefficient (Wildman–Crippen LogP) is 3.26. The smallest absolute Gasteiger partial charge is 0.228 e. The summed E-state index contributed by atoms with van der Waals surface area (Å²) < 4.78 is 5.34. The SMILES string of the molecule is COCC1(C(=O)NCc2cccc(NC(=O)C3CCCCC3)c2)CCNCC1.Cl. The second-order valence-electron chi connectivity index (χ2n) is 8.17. The maximum Gasteiger partial charge on any atom is 0.228 e. The highest BCUT2D eigenvalue weighted by Crippen LogP contribution is 2.29. The Morgan fingerprint density at radius 3 is 2.59 bits per heavy atom. The first-order chi connectivity index (χ1) is 13.6. The van der Waals surface area contributed by atoms with E-state index in [1.54, 1.807) is 7.11 Å². The summed E-state index contributed by atoms with van der Waals surface area (Å²) in [5.74, 6) is 0.299. The van der Waals surface area contributed by atoms with Crippen LogP contribution in [0.2, 0.25) is 0 Å². The van der Waals surface area contributed by atoms with E-state index < -0.39 is 5.41 Å². The molecule has 2 amide bonds. The van der Waals surface area contributed by atoms with Crippen molar-refractivity contribution in [2.45, 2.75) is 51.5 Å². The Morgan fingerprint density at radius 1 is 1.17 bits per heavy atom. The molecule has 0 bridgehead atoms. The number of carbonyl (C=O) groups excluding carboxylic acids is 2. The molecule has 7 heteroatoms. The number of anilines is 1. The quantitative estimate of drug-likeness (QED) is 0.628. The van der Waals surface area contributed by atoms with Gasteiger partial charge in [-0.3, -0.25) is 9.59 Å². The zero-order chi connectivity index (χ0) is 19.8. The number of benzene rings is 1. The second-order valence-corrected chi connectivity index (χ2v) is 8.17. The van der Waals surface area contributed by atoms with Crippen LogP contribution in [-0.4, -0.2) is 38.6 Å². The summed E-state index contributed by atoms with van der Waals surface area (Å²) in [7, 11) is 1.65. The maximum atomic E-state index is 12.9. The summed E-state index contributed by atoms with van der Waals surface area (Å²) in [5, 5.41) is 9.43. The van der Waals surface area contributed by atoms with Crippen LogP contribution in [0.15, 0.2) is 24.3 Å². The molecule has 29 heavy (non-hydrogen) atoms. The largest absolute Gasteiger partial charge is 0.384 e. The average Bonchev–Trinajstić information content (AvgIpc) is 2.74. The van der Waals surface area contributed by atoms with Crippen LogP contribution in [0.4, 0.5) is 5.69 Å². The van der Waals surface area contributed by atoms with Crippen LogP contribution < -0.4 is 16.0 Å². The highest BCUT2D eigenvalue weighted by Gasteiger charge is 2.39. The van der Waals surface area contributed by atoms with E-state index in [9.17, 15) is 9.59 Å². The summed E-state index contributed by atoms with van der Waals surface area (Å²) >= 11 is 0. The Kier molecular flexibility index (Phi) is 9.40. The Bertz CT molecular complexity index is 666. The standard InChI is InChI=1S/C22H33N3O3.ClH/c1-28-16-22(10-12-23-13-11-22)21(27)24-15-17-6-5-9-19(14-17)25-20(26)18-7-3-2-4-8-18;/h5-6,9,14,18,23H,2-4,7-8,10-13,15-16H2,1H3,(H,24,27)(H,25,26);1H. The van der Waals surface area contributed by atoms with Crippen LogP contribution in [0, 0.1) is 11.3 Å². The van der Waals surface area contributed by atoms with E-state index in [0.29, 0.717) is 13.2 Å². The monoisotopic (exact) mass is 423 g/mol. The van der Waals surface area contributed by atoms with E-state index >= 15 is 0 Å². The van der Waals surface area contributed by atoms with Gasteiger partial charge in [0, 0.05) is 25.3 Å². The minimum Gasteiger partial charge on any atom is -0.384 e. The molecule has 1 aromatic rings. The fourth-order valence-corrected chi connectivity index (χ4v) is 4.36. The molecule has 0 atom stereocenters. The molecular weight excluding hydrogens is 390 g/mol. The molecule has 3 N–H and O–H groups in total. The van der Waals surface area contributed by atoms with Crippen LogP contribution in [0.25, 0.3) is 0 Å². The molecule has 1 aliphatic heterocycles. The Labute approximate surface area is 179 Å². The molecule has 1 saturated carbocycles. The van der Waals surface area contributed by atoms with Crippen LogP contribution in [-0.2, 0) is 20.9 Å². The van der Waals surface area contributed by atoms with Gasteiger partial charge in [-0.2, -0.15) is 0 Å². The van der Waals surface area contributed by atoms with Gasteiger partial charge in [0.05, 0.1) is 12.0 Å². The Balaban J connectivity index is 0.00000300. The van der Waals surface area contributed by atoms with Crippen LogP contribution in [0.3, 0.4) is 0 Å². The van der Waals surface area contributed by atoms with E-state index in [-0.39, 0.29) is 30.1 Å². The first-order valence-electron chi connectivity index (χ1n) is 10.5. The topological polar surface area (TPSA) is 79.5 Å². The minimum atomic E-state index is -0.452. The molecule has 162 valence electrons. The molecule has 0 unspecified atom stereocenters. The summed E-state index contributed by atoms with van der Waals surface area (Å²) in [4.78, 5) is 25.3. The lowest BCUT2D eigenvalue weighted by molar-refractivity contribution is -0.136. The van der Waals surface area contributed by atoms with Gasteiger partial charge in [-0.25, -0.2) is 0 Å². The van der Waals surface area contributed by atoms with Crippen molar-refractivity contribution in [3.8, 4) is 0 Å². The number of piperidine rings is 1. The molecule has 0 radical (unpaired) electrons. The first-order valence-corrected chi connectivity index (χ1v) is 10.5. The highest BCUT2D eigenvalue weighted by molar-refractivity contribution is 5.92. The van der Waals surface area contributed by atoms with Crippen molar-refractivity contribution in [3.05, 3.63) is 29.8 Å². The van der Waals surface area contributed by atoms with Crippen LogP contribution in [0.1, 0.15) is 50.5 Å². The van der Waals surface area contributed by atoms with E-state index in [1.165, 1.54) is 6.42 Å². The zero-order valence-corrected chi connectivity index (χ0v) is 18.1. The first kappa shape index (κ1) is 23.6. The second kappa shape index (κ2) is 11.5. The van der Waals surface area contributed by atoms with Gasteiger partial charge in [-0.15, -0.1) is 12.4 Å². The van der Waals surface area contributed by atoms with Crippen molar-refractivity contribution in [2.75, 3.05) is 32.1 Å². The van der Waals surface area contributed by atoms with Crippen molar-refractivity contribution >= 4 is 29.9 Å². The number of rotatable bonds is 7. The average molecular weight is 424 g/mol. The lowest BCUT2D eigenvalue weighted by Gasteiger charge is -2.35. The van der Waals surface area contributed by atoms with E-state index in [4.69, 9.17) is 4.74 Å². The van der Waals surface area contributed by atoms with Crippen molar-refractivity contribution in [3.63, 3.8) is 0 Å². The van der Waals surface area contributed by atoms with Gasteiger partial charge in [-0.1, -0.05) is 31.4 Å². The third-order valence-corrected chi connectivity index (χ3v) is 6.09. The fraction of sp³-hybridized carbons (Fsp3) is 0.636. The van der Waals surface area contributed by atoms with Crippen molar-refractivity contribution in [2.24, 2.45) is 11.3 Å². The number of hydrogen-bond acceptors (Lipinski definition) is 4. The normalized spacial score (nSPS) is 19.1. The van der Waals surface area contributed by atoms with Crippen LogP contribution >= 0.6 is 12.4 Å². The highest BCUT2D eigenvalue weighted by atomic mass is 35.5. The number of halogens is 1. The number of ether oxygens (including phenoxy) is 1. The lowest BCUT2D eigenvalue weighted by atomic mass is 9.78. The molecule has 1 saturated heterocycles. The molecule has 1 aromatic carbocycles. The minimum absolute atomic E-state index is 0. The Hall–Kier alpha value is -1.63. The summed E-state index contributed by atoms with van der Waals surface area (Å²) in [6.45, 7) is 2.56. The molecule has 3 rings (SSSR count). The number of carbonyl (C=O) groups is 2. The van der Waals surface area contributed by atoms with Gasteiger partial charge >= 0.3 is 0 Å². The third kappa shape index (κ3) is 6.43. The molecule has 0 spiro atoms. The fourth-order valence-electron chi connectivity index (χ4n) is 4.36. The molecule has 2 aliphatic rings. The Morgan fingerprint density at radius 2 is 1.90 bits per heavy atom. The maximum absolute atomic E-state index is 12.9. The van der Waals surface area contributed by atoms with Gasteiger partial charge in [0.2, 0.25) is 11.8 Å². The number of nitrogens with one attached hydrogen (secondary N) is 3. The zero-order valence-electron chi connectivity index (χ0n) is 17.3. The molecular formula is C22H34ClN3O3. The van der Waals surface area contributed by atoms with Crippen LogP contribution in [0.5, 0.6) is 0 Å². The van der Waals surface area contributed by atoms with Gasteiger partial charge in [-0.05, 0) is 56.5 Å². The number of amides is 2. The molecule has 0 aromatic heterocycles. The molecule has 2 fully saturated rings. The van der Waals surface area contributed by atoms with Gasteiger partial charge < -0.3 is 20.7 Å². The third-order valence-electron chi connectivity index (χ3n) is 6.09. The summed E-state index contributed by atoms with van der Waals surface area (Å²) in [6.07, 6.45) is 7.05. The van der Waals surface area contributed by atoms with Gasteiger partial charge in [0.1, 0.15) is 0 Å². The van der Waals surface area contributed by atoms with Gasteiger partial charge in [0.15, 0.2) is 0 Å². The predicted molar refractivity (Wildman–Crippen MR) is 117 cm³/mol. The molecule has 6 nitrogen and oxygen atoms in total. The molecule has 1 aliphatic carbocycles. The van der Waals surface area contributed by atoms with Crippen molar-refractivity contribution in [1.29, 1.82) is 0 Å². The number of methoxy groups -OCH3 is 1. The lowest BCUT2D eigenvalue weighted by Crippen LogP contribution is -2.49. The van der Waals surface area contributed by atoms with E-state index in [1.807, 2.05) is 24.3 Å². The molecule has 1 heterocycles. The summed E-state index contributed by atoms with van der Waals surface area (Å²) in [6, 6.07) is 7.76.